The van der Waals surface area contributed by atoms with Crippen molar-refractivity contribution in [3.8, 4) is 22.7 Å². The Morgan fingerprint density at radius 3 is 2.26 bits per heavy atom. The fraction of sp³-hybridized carbons (Fsp3) is 0. The number of aromatic nitrogens is 2. The minimum atomic E-state index is 0.244. The van der Waals surface area contributed by atoms with E-state index in [1.807, 2.05) is 48.7 Å². The van der Waals surface area contributed by atoms with Crippen molar-refractivity contribution >= 4 is 11.6 Å². The molecular weight excluding hydrogens is 260 g/mol. The number of hydrogen-bond donors (Lipinski definition) is 1. The van der Waals surface area contributed by atoms with Gasteiger partial charge in [0.05, 0.1) is 11.4 Å². The van der Waals surface area contributed by atoms with Crippen LogP contribution in [0.15, 0.2) is 60.8 Å². The molecule has 0 amide bonds. The topological polar surface area (TPSA) is 38.0 Å². The van der Waals surface area contributed by atoms with Crippen molar-refractivity contribution in [1.82, 2.24) is 9.78 Å². The maximum atomic E-state index is 9.27. The summed E-state index contributed by atoms with van der Waals surface area (Å²) < 4.78 is 1.77. The van der Waals surface area contributed by atoms with Gasteiger partial charge in [0.1, 0.15) is 5.75 Å². The lowest BCUT2D eigenvalue weighted by Crippen LogP contribution is -1.94. The Morgan fingerprint density at radius 2 is 1.58 bits per heavy atom. The molecule has 4 heteroatoms. The fourth-order valence-corrected chi connectivity index (χ4v) is 1.97. The number of halogens is 1. The van der Waals surface area contributed by atoms with Crippen LogP contribution in [0.1, 0.15) is 0 Å². The first-order chi connectivity index (χ1) is 9.22. The Morgan fingerprint density at radius 1 is 0.895 bits per heavy atom. The van der Waals surface area contributed by atoms with Crippen LogP contribution in [-0.4, -0.2) is 14.9 Å². The van der Waals surface area contributed by atoms with Crippen LogP contribution in [-0.2, 0) is 0 Å². The Bertz CT molecular complexity index is 627. The maximum Gasteiger partial charge on any atom is 0.115 e. The fourth-order valence-electron chi connectivity index (χ4n) is 1.85. The van der Waals surface area contributed by atoms with E-state index in [-0.39, 0.29) is 5.75 Å². The van der Waals surface area contributed by atoms with Gasteiger partial charge in [0.25, 0.3) is 0 Å². The maximum absolute atomic E-state index is 9.27. The molecule has 1 heterocycles. The first-order valence-electron chi connectivity index (χ1n) is 5.83. The van der Waals surface area contributed by atoms with Crippen LogP contribution in [0.5, 0.6) is 5.75 Å². The zero-order chi connectivity index (χ0) is 13.2. The molecule has 2 aromatic carbocycles. The molecular formula is C15H11ClN2O. The molecule has 0 bridgehead atoms. The number of benzene rings is 2. The molecule has 19 heavy (non-hydrogen) atoms. The number of phenols is 1. The van der Waals surface area contributed by atoms with Crippen molar-refractivity contribution in [1.29, 1.82) is 0 Å². The highest BCUT2D eigenvalue weighted by Gasteiger charge is 2.03. The molecule has 0 saturated heterocycles. The third-order valence-electron chi connectivity index (χ3n) is 2.84. The van der Waals surface area contributed by atoms with E-state index >= 15 is 0 Å². The molecule has 3 nitrogen and oxygen atoms in total. The average molecular weight is 271 g/mol. The van der Waals surface area contributed by atoms with Gasteiger partial charge in [-0.25, -0.2) is 4.68 Å². The molecule has 0 fully saturated rings. The van der Waals surface area contributed by atoms with E-state index in [0.717, 1.165) is 16.9 Å². The Balaban J connectivity index is 1.95. The first-order valence-corrected chi connectivity index (χ1v) is 6.21. The second-order valence-corrected chi connectivity index (χ2v) is 4.61. The highest BCUT2D eigenvalue weighted by atomic mass is 35.5. The molecule has 0 aliphatic carbocycles. The quantitative estimate of drug-likeness (QED) is 0.767. The third kappa shape index (κ3) is 2.46. The number of phenolic OH excluding ortho intramolecular Hbond substituents is 1. The normalized spacial score (nSPS) is 10.6. The van der Waals surface area contributed by atoms with Crippen LogP contribution >= 0.6 is 11.6 Å². The van der Waals surface area contributed by atoms with Gasteiger partial charge in [-0.1, -0.05) is 23.7 Å². The predicted octanol–water partition coefficient (Wildman–Crippen LogP) is 3.90. The van der Waals surface area contributed by atoms with Crippen molar-refractivity contribution in [3.63, 3.8) is 0 Å². The molecule has 0 atom stereocenters. The van der Waals surface area contributed by atoms with Crippen molar-refractivity contribution in [2.24, 2.45) is 0 Å². The summed E-state index contributed by atoms with van der Waals surface area (Å²) in [5.41, 5.74) is 2.80. The van der Waals surface area contributed by atoms with E-state index in [9.17, 15) is 5.11 Å². The summed E-state index contributed by atoms with van der Waals surface area (Å²) in [7, 11) is 0. The number of hydrogen-bond acceptors (Lipinski definition) is 2. The molecule has 1 N–H and O–H groups in total. The molecule has 0 saturated carbocycles. The van der Waals surface area contributed by atoms with Crippen LogP contribution < -0.4 is 0 Å². The Hall–Kier alpha value is -2.26. The highest BCUT2D eigenvalue weighted by molar-refractivity contribution is 6.30. The molecule has 1 aromatic heterocycles. The zero-order valence-corrected chi connectivity index (χ0v) is 10.7. The van der Waals surface area contributed by atoms with Gasteiger partial charge in [0.15, 0.2) is 0 Å². The Kier molecular flexibility index (Phi) is 2.97. The van der Waals surface area contributed by atoms with Crippen LogP contribution in [0.25, 0.3) is 16.9 Å². The minimum absolute atomic E-state index is 0.244. The Labute approximate surface area is 115 Å². The summed E-state index contributed by atoms with van der Waals surface area (Å²) in [4.78, 5) is 0. The second-order valence-electron chi connectivity index (χ2n) is 4.17. The van der Waals surface area contributed by atoms with E-state index < -0.39 is 0 Å². The van der Waals surface area contributed by atoms with Gasteiger partial charge in [-0.3, -0.25) is 0 Å². The van der Waals surface area contributed by atoms with Crippen molar-refractivity contribution in [3.05, 3.63) is 65.8 Å². The van der Waals surface area contributed by atoms with Gasteiger partial charge in [0, 0.05) is 16.8 Å². The van der Waals surface area contributed by atoms with Crippen LogP contribution in [0.4, 0.5) is 0 Å². The monoisotopic (exact) mass is 270 g/mol. The summed E-state index contributed by atoms with van der Waals surface area (Å²) in [5, 5.41) is 14.5. The molecule has 0 aliphatic heterocycles. The van der Waals surface area contributed by atoms with E-state index in [1.165, 1.54) is 0 Å². The van der Waals surface area contributed by atoms with Crippen molar-refractivity contribution in [2.75, 3.05) is 0 Å². The van der Waals surface area contributed by atoms with Gasteiger partial charge < -0.3 is 5.11 Å². The summed E-state index contributed by atoms with van der Waals surface area (Å²) in [6.07, 6.45) is 1.89. The smallest absolute Gasteiger partial charge is 0.115 e. The summed E-state index contributed by atoms with van der Waals surface area (Å²) in [5.74, 6) is 0.244. The van der Waals surface area contributed by atoms with Crippen molar-refractivity contribution < 1.29 is 5.11 Å². The summed E-state index contributed by atoms with van der Waals surface area (Å²) >= 11 is 5.87. The minimum Gasteiger partial charge on any atom is -0.508 e. The van der Waals surface area contributed by atoms with Gasteiger partial charge in [-0.15, -0.1) is 0 Å². The van der Waals surface area contributed by atoms with Gasteiger partial charge in [-0.05, 0) is 42.5 Å². The van der Waals surface area contributed by atoms with Crippen LogP contribution in [0.3, 0.4) is 0 Å². The first kappa shape index (κ1) is 11.8. The molecule has 0 radical (unpaired) electrons. The van der Waals surface area contributed by atoms with E-state index in [1.54, 1.807) is 16.8 Å². The van der Waals surface area contributed by atoms with Crippen LogP contribution in [0.2, 0.25) is 5.02 Å². The average Bonchev–Trinajstić information content (AvgIpc) is 2.90. The molecule has 3 aromatic rings. The molecule has 3 rings (SSSR count). The zero-order valence-electron chi connectivity index (χ0n) is 9.99. The molecule has 0 aliphatic rings. The molecule has 94 valence electrons. The number of rotatable bonds is 2. The number of aromatic hydroxyl groups is 1. The van der Waals surface area contributed by atoms with E-state index in [2.05, 4.69) is 5.10 Å². The predicted molar refractivity (Wildman–Crippen MR) is 75.7 cm³/mol. The molecule has 0 spiro atoms. The van der Waals surface area contributed by atoms with Gasteiger partial charge in [-0.2, -0.15) is 5.10 Å². The highest BCUT2D eigenvalue weighted by Crippen LogP contribution is 2.21. The largest absolute Gasteiger partial charge is 0.508 e. The summed E-state index contributed by atoms with van der Waals surface area (Å²) in [6.45, 7) is 0. The number of nitrogens with zero attached hydrogens (tertiary/aromatic N) is 2. The van der Waals surface area contributed by atoms with Gasteiger partial charge in [0.2, 0.25) is 0 Å². The van der Waals surface area contributed by atoms with Crippen molar-refractivity contribution in [2.45, 2.75) is 0 Å². The second kappa shape index (κ2) is 4.78. The third-order valence-corrected chi connectivity index (χ3v) is 3.10. The molecule has 0 unspecified atom stereocenters. The lowest BCUT2D eigenvalue weighted by molar-refractivity contribution is 0.475. The lowest BCUT2D eigenvalue weighted by Gasteiger charge is -2.01. The van der Waals surface area contributed by atoms with E-state index in [0.29, 0.717) is 5.02 Å². The van der Waals surface area contributed by atoms with Crippen LogP contribution in [0, 0.1) is 0 Å². The summed E-state index contributed by atoms with van der Waals surface area (Å²) in [6, 6.07) is 16.4. The van der Waals surface area contributed by atoms with Gasteiger partial charge >= 0.3 is 0 Å². The standard InChI is InChI=1S/C15H11ClN2O/c16-12-3-1-11(2-4-12)15-9-10-18(17-15)13-5-7-14(19)8-6-13/h1-10,19H. The SMILES string of the molecule is Oc1ccc(-n2ccc(-c3ccc(Cl)cc3)n2)cc1. The van der Waals surface area contributed by atoms with E-state index in [4.69, 9.17) is 11.6 Å². The lowest BCUT2D eigenvalue weighted by atomic mass is 10.2.